The fourth-order valence-electron chi connectivity index (χ4n) is 1.67. The van der Waals surface area contributed by atoms with Crippen LogP contribution in [0.4, 0.5) is 0 Å². The molecule has 0 rings (SSSR count). The van der Waals surface area contributed by atoms with Gasteiger partial charge in [0.1, 0.15) is 0 Å². The molecule has 0 spiro atoms. The first-order chi connectivity index (χ1) is 6.72. The molecule has 0 aliphatic heterocycles. The van der Waals surface area contributed by atoms with Crippen LogP contribution in [0.1, 0.15) is 59.3 Å². The van der Waals surface area contributed by atoms with Gasteiger partial charge in [-0.2, -0.15) is 0 Å². The molecule has 0 amide bonds. The minimum absolute atomic E-state index is 0.170. The Hall–Kier alpha value is -0.0800. The summed E-state index contributed by atoms with van der Waals surface area (Å²) in [4.78, 5) is 0. The Morgan fingerprint density at radius 3 is 2.29 bits per heavy atom. The van der Waals surface area contributed by atoms with E-state index in [1.54, 1.807) is 0 Å². The Kier molecular flexibility index (Phi) is 9.42. The summed E-state index contributed by atoms with van der Waals surface area (Å²) in [7, 11) is 0. The summed E-state index contributed by atoms with van der Waals surface area (Å²) >= 11 is 0. The number of nitrogens with one attached hydrogen (secondary N) is 1. The van der Waals surface area contributed by atoms with Crippen LogP contribution in [0.2, 0.25) is 0 Å². The highest BCUT2D eigenvalue weighted by atomic mass is 16.3. The molecule has 0 aliphatic rings. The van der Waals surface area contributed by atoms with E-state index in [0.29, 0.717) is 0 Å². The minimum Gasteiger partial charge on any atom is -0.392 e. The highest BCUT2D eigenvalue weighted by Gasteiger charge is 2.11. The average Bonchev–Trinajstić information content (AvgIpc) is 2.17. The molecule has 86 valence electrons. The molecule has 2 N–H and O–H groups in total. The van der Waals surface area contributed by atoms with Gasteiger partial charge in [-0.3, -0.25) is 0 Å². The lowest BCUT2D eigenvalue weighted by molar-refractivity contribution is 0.123. The van der Waals surface area contributed by atoms with Crippen molar-refractivity contribution in [3.8, 4) is 0 Å². The van der Waals surface area contributed by atoms with Gasteiger partial charge < -0.3 is 10.4 Å². The molecule has 2 nitrogen and oxygen atoms in total. The first-order valence-electron chi connectivity index (χ1n) is 6.13. The van der Waals surface area contributed by atoms with E-state index in [1.807, 2.05) is 0 Å². The van der Waals surface area contributed by atoms with Gasteiger partial charge in [0.05, 0.1) is 6.10 Å². The smallest absolute Gasteiger partial charge is 0.0690 e. The number of unbranched alkanes of at least 4 members (excludes halogenated alkanes) is 4. The van der Waals surface area contributed by atoms with Gasteiger partial charge in [0.25, 0.3) is 0 Å². The van der Waals surface area contributed by atoms with Crippen molar-refractivity contribution < 1.29 is 5.11 Å². The van der Waals surface area contributed by atoms with E-state index in [0.717, 1.165) is 19.4 Å². The summed E-state index contributed by atoms with van der Waals surface area (Å²) in [5.74, 6) is 0. The topological polar surface area (TPSA) is 32.3 Å². The molecular formula is C12H27NO. The number of rotatable bonds is 9. The molecule has 14 heavy (non-hydrogen) atoms. The Balaban J connectivity index is 3.29. The van der Waals surface area contributed by atoms with Crippen molar-refractivity contribution in [1.82, 2.24) is 5.32 Å². The van der Waals surface area contributed by atoms with Crippen LogP contribution >= 0.6 is 0 Å². The molecule has 0 fully saturated rings. The largest absolute Gasteiger partial charge is 0.392 e. The van der Waals surface area contributed by atoms with Gasteiger partial charge in [0.2, 0.25) is 0 Å². The van der Waals surface area contributed by atoms with Crippen LogP contribution in [-0.2, 0) is 0 Å². The Morgan fingerprint density at radius 1 is 1.07 bits per heavy atom. The lowest BCUT2D eigenvalue weighted by Gasteiger charge is -2.19. The van der Waals surface area contributed by atoms with Crippen LogP contribution in [0.15, 0.2) is 0 Å². The van der Waals surface area contributed by atoms with E-state index < -0.39 is 0 Å². The van der Waals surface area contributed by atoms with E-state index in [9.17, 15) is 5.11 Å². The van der Waals surface area contributed by atoms with Gasteiger partial charge >= 0.3 is 0 Å². The second kappa shape index (κ2) is 9.47. The van der Waals surface area contributed by atoms with Crippen LogP contribution in [0, 0.1) is 0 Å². The third-order valence-corrected chi connectivity index (χ3v) is 2.71. The van der Waals surface area contributed by atoms with Crippen molar-refractivity contribution in [3.05, 3.63) is 0 Å². The maximum Gasteiger partial charge on any atom is 0.0690 e. The molecule has 0 aliphatic carbocycles. The number of hydrogen-bond acceptors (Lipinski definition) is 2. The standard InChI is InChI=1S/C12H27NO/c1-4-6-7-8-9-10-12(14)11(3)13-5-2/h11-14H,4-10H2,1-3H3. The Morgan fingerprint density at radius 2 is 1.71 bits per heavy atom. The van der Waals surface area contributed by atoms with E-state index >= 15 is 0 Å². The zero-order chi connectivity index (χ0) is 10.8. The molecule has 0 aromatic carbocycles. The molecule has 0 aromatic heterocycles. The summed E-state index contributed by atoms with van der Waals surface area (Å²) in [5, 5.41) is 13.0. The summed E-state index contributed by atoms with van der Waals surface area (Å²) < 4.78 is 0. The molecule has 2 heteroatoms. The first kappa shape index (κ1) is 13.9. The minimum atomic E-state index is -0.170. The van der Waals surface area contributed by atoms with Crippen molar-refractivity contribution >= 4 is 0 Å². The number of aliphatic hydroxyl groups is 1. The maximum atomic E-state index is 9.74. The van der Waals surface area contributed by atoms with E-state index in [4.69, 9.17) is 0 Å². The lowest BCUT2D eigenvalue weighted by atomic mass is 10.0. The molecule has 0 heterocycles. The van der Waals surface area contributed by atoms with Gasteiger partial charge in [-0.25, -0.2) is 0 Å². The van der Waals surface area contributed by atoms with Crippen LogP contribution < -0.4 is 5.32 Å². The zero-order valence-electron chi connectivity index (χ0n) is 10.1. The summed E-state index contributed by atoms with van der Waals surface area (Å²) in [6.07, 6.45) is 7.14. The zero-order valence-corrected chi connectivity index (χ0v) is 10.1. The van der Waals surface area contributed by atoms with Crippen molar-refractivity contribution in [1.29, 1.82) is 0 Å². The highest BCUT2D eigenvalue weighted by Crippen LogP contribution is 2.09. The normalized spacial score (nSPS) is 15.4. The Bertz CT molecular complexity index is 117. The Labute approximate surface area is 89.1 Å². The van der Waals surface area contributed by atoms with Crippen LogP contribution in [0.25, 0.3) is 0 Å². The van der Waals surface area contributed by atoms with Gasteiger partial charge in [-0.15, -0.1) is 0 Å². The lowest BCUT2D eigenvalue weighted by Crippen LogP contribution is -2.37. The maximum absolute atomic E-state index is 9.74. The van der Waals surface area contributed by atoms with Crippen LogP contribution in [-0.4, -0.2) is 23.8 Å². The molecular weight excluding hydrogens is 174 g/mol. The second-order valence-electron chi connectivity index (χ2n) is 4.12. The quantitative estimate of drug-likeness (QED) is 0.562. The van der Waals surface area contributed by atoms with Crippen molar-refractivity contribution in [2.45, 2.75) is 71.4 Å². The second-order valence-corrected chi connectivity index (χ2v) is 4.12. The first-order valence-corrected chi connectivity index (χ1v) is 6.13. The molecule has 2 atom stereocenters. The van der Waals surface area contributed by atoms with Crippen molar-refractivity contribution in [2.24, 2.45) is 0 Å². The third kappa shape index (κ3) is 7.34. The summed E-state index contributed by atoms with van der Waals surface area (Å²) in [5.41, 5.74) is 0. The third-order valence-electron chi connectivity index (χ3n) is 2.71. The molecule has 0 bridgehead atoms. The van der Waals surface area contributed by atoms with Crippen LogP contribution in [0.3, 0.4) is 0 Å². The molecule has 0 aromatic rings. The fraction of sp³-hybridized carbons (Fsp3) is 1.00. The van der Waals surface area contributed by atoms with Crippen molar-refractivity contribution in [2.75, 3.05) is 6.54 Å². The van der Waals surface area contributed by atoms with Crippen molar-refractivity contribution in [3.63, 3.8) is 0 Å². The molecule has 2 unspecified atom stereocenters. The van der Waals surface area contributed by atoms with E-state index in [-0.39, 0.29) is 12.1 Å². The van der Waals surface area contributed by atoms with Gasteiger partial charge in [-0.05, 0) is 19.9 Å². The molecule has 0 saturated carbocycles. The van der Waals surface area contributed by atoms with Crippen LogP contribution in [0.5, 0.6) is 0 Å². The fourth-order valence-corrected chi connectivity index (χ4v) is 1.67. The summed E-state index contributed by atoms with van der Waals surface area (Å²) in [6.45, 7) is 7.29. The van der Waals surface area contributed by atoms with Gasteiger partial charge in [-0.1, -0.05) is 46.0 Å². The van der Waals surface area contributed by atoms with E-state index in [1.165, 1.54) is 25.7 Å². The molecule has 0 radical (unpaired) electrons. The SMILES string of the molecule is CCCCCCCC(O)C(C)NCC. The summed E-state index contributed by atoms with van der Waals surface area (Å²) in [6, 6.07) is 0.242. The molecule has 0 saturated heterocycles. The van der Waals surface area contributed by atoms with Gasteiger partial charge in [0.15, 0.2) is 0 Å². The number of likely N-dealkylation sites (N-methyl/N-ethyl adjacent to an activating group) is 1. The highest BCUT2D eigenvalue weighted by molar-refractivity contribution is 4.69. The predicted molar refractivity (Wildman–Crippen MR) is 62.5 cm³/mol. The van der Waals surface area contributed by atoms with Gasteiger partial charge in [0, 0.05) is 6.04 Å². The number of hydrogen-bond donors (Lipinski definition) is 2. The number of aliphatic hydroxyl groups excluding tert-OH is 1. The monoisotopic (exact) mass is 201 g/mol. The average molecular weight is 201 g/mol. The predicted octanol–water partition coefficient (Wildman–Crippen LogP) is 2.71. The van der Waals surface area contributed by atoms with E-state index in [2.05, 4.69) is 26.1 Å².